The van der Waals surface area contributed by atoms with Gasteiger partial charge in [0.2, 0.25) is 11.8 Å². The molecular formula is C11H19FN2O2. The zero-order chi connectivity index (χ0) is 12.2. The zero-order valence-corrected chi connectivity index (χ0v) is 9.88. The number of hydrogen-bond acceptors (Lipinski definition) is 2. The average Bonchev–Trinajstić information content (AvgIpc) is 2.41. The number of halogens is 1. The van der Waals surface area contributed by atoms with Gasteiger partial charge in [0.25, 0.3) is 0 Å². The van der Waals surface area contributed by atoms with E-state index in [2.05, 4.69) is 5.32 Å². The molecule has 1 N–H and O–H groups in total. The number of nitrogens with one attached hydrogen (secondary N) is 1. The molecule has 0 aromatic carbocycles. The van der Waals surface area contributed by atoms with E-state index in [-0.39, 0.29) is 24.8 Å². The van der Waals surface area contributed by atoms with Crippen molar-refractivity contribution in [1.29, 1.82) is 0 Å². The van der Waals surface area contributed by atoms with Gasteiger partial charge in [0.05, 0.1) is 0 Å². The normalized spacial score (nSPS) is 20.6. The maximum absolute atomic E-state index is 12.3. The summed E-state index contributed by atoms with van der Waals surface area (Å²) in [6.45, 7) is 3.55. The van der Waals surface area contributed by atoms with E-state index in [1.165, 1.54) is 4.90 Å². The van der Waals surface area contributed by atoms with Gasteiger partial charge >= 0.3 is 0 Å². The summed E-state index contributed by atoms with van der Waals surface area (Å²) >= 11 is 0. The summed E-state index contributed by atoms with van der Waals surface area (Å²) in [5, 5.41) is 2.78. The molecule has 2 amide bonds. The van der Waals surface area contributed by atoms with Crippen LogP contribution >= 0.6 is 0 Å². The third-order valence-corrected chi connectivity index (χ3v) is 3.25. The van der Waals surface area contributed by atoms with E-state index in [1.54, 1.807) is 0 Å². The van der Waals surface area contributed by atoms with E-state index < -0.39 is 12.2 Å². The minimum absolute atomic E-state index is 0.0789. The molecule has 0 saturated carbocycles. The minimum atomic E-state index is -0.831. The third-order valence-electron chi connectivity index (χ3n) is 3.25. The van der Waals surface area contributed by atoms with Crippen molar-refractivity contribution in [2.75, 3.05) is 19.8 Å². The lowest BCUT2D eigenvalue weighted by molar-refractivity contribution is -0.139. The number of nitrogens with zero attached hydrogens (tertiary/aromatic N) is 1. The minimum Gasteiger partial charge on any atom is -0.342 e. The molecule has 0 aliphatic carbocycles. The molecule has 0 atom stereocenters. The Kier molecular flexibility index (Phi) is 4.26. The maximum Gasteiger partial charge on any atom is 0.248 e. The summed E-state index contributed by atoms with van der Waals surface area (Å²) in [5.41, 5.74) is -0.831. The van der Waals surface area contributed by atoms with Crippen molar-refractivity contribution in [1.82, 2.24) is 10.2 Å². The predicted octanol–water partition coefficient (Wildman–Crippen LogP) is 0.863. The highest BCUT2D eigenvalue weighted by atomic mass is 19.1. The Morgan fingerprint density at radius 2 is 2.00 bits per heavy atom. The van der Waals surface area contributed by atoms with Crippen LogP contribution < -0.4 is 5.32 Å². The Morgan fingerprint density at radius 1 is 1.38 bits per heavy atom. The third kappa shape index (κ3) is 2.33. The molecular weight excluding hydrogens is 211 g/mol. The van der Waals surface area contributed by atoms with Crippen molar-refractivity contribution >= 4 is 11.8 Å². The standard InChI is InChI=1S/C11H19FN2O2/c1-3-11(4-2)10(16)14(8-6-12)7-5-9(15)13-11/h3-8H2,1-2H3,(H,13,15). The highest BCUT2D eigenvalue weighted by Gasteiger charge is 2.41. The van der Waals surface area contributed by atoms with Gasteiger partial charge in [-0.25, -0.2) is 4.39 Å². The molecule has 1 rings (SSSR count). The fraction of sp³-hybridized carbons (Fsp3) is 0.818. The molecule has 16 heavy (non-hydrogen) atoms. The van der Waals surface area contributed by atoms with Gasteiger partial charge in [0, 0.05) is 19.5 Å². The molecule has 1 aliphatic heterocycles. The summed E-state index contributed by atoms with van der Waals surface area (Å²) in [4.78, 5) is 25.2. The fourth-order valence-electron chi connectivity index (χ4n) is 2.07. The number of carbonyl (C=O) groups is 2. The molecule has 5 heteroatoms. The van der Waals surface area contributed by atoms with Crippen molar-refractivity contribution in [3.8, 4) is 0 Å². The molecule has 0 bridgehead atoms. The molecule has 92 valence electrons. The van der Waals surface area contributed by atoms with Crippen LogP contribution in [0.1, 0.15) is 33.1 Å². The summed E-state index contributed by atoms with van der Waals surface area (Å²) < 4.78 is 12.3. The fourth-order valence-corrected chi connectivity index (χ4v) is 2.07. The lowest BCUT2D eigenvalue weighted by Crippen LogP contribution is -2.56. The topological polar surface area (TPSA) is 49.4 Å². The summed E-state index contributed by atoms with van der Waals surface area (Å²) in [5.74, 6) is -0.278. The monoisotopic (exact) mass is 230 g/mol. The predicted molar refractivity (Wildman–Crippen MR) is 58.6 cm³/mol. The molecule has 1 aliphatic rings. The first-order valence-corrected chi connectivity index (χ1v) is 5.76. The maximum atomic E-state index is 12.3. The van der Waals surface area contributed by atoms with Crippen molar-refractivity contribution in [2.24, 2.45) is 0 Å². The van der Waals surface area contributed by atoms with Crippen LogP contribution in [0.5, 0.6) is 0 Å². The Bertz CT molecular complexity index is 277. The van der Waals surface area contributed by atoms with Crippen LogP contribution in [0.4, 0.5) is 4.39 Å². The lowest BCUT2D eigenvalue weighted by atomic mass is 9.91. The van der Waals surface area contributed by atoms with Gasteiger partial charge < -0.3 is 10.2 Å². The molecule has 1 saturated heterocycles. The number of carbonyl (C=O) groups excluding carboxylic acids is 2. The second-order valence-electron chi connectivity index (χ2n) is 4.07. The lowest BCUT2D eigenvalue weighted by Gasteiger charge is -2.33. The highest BCUT2D eigenvalue weighted by molar-refractivity contribution is 5.93. The van der Waals surface area contributed by atoms with Gasteiger partial charge in [0.15, 0.2) is 0 Å². The van der Waals surface area contributed by atoms with Gasteiger partial charge in [-0.1, -0.05) is 13.8 Å². The van der Waals surface area contributed by atoms with Crippen molar-refractivity contribution in [3.63, 3.8) is 0 Å². The van der Waals surface area contributed by atoms with Crippen LogP contribution in [-0.4, -0.2) is 42.0 Å². The summed E-state index contributed by atoms with van der Waals surface area (Å²) in [7, 11) is 0. The molecule has 0 unspecified atom stereocenters. The quantitative estimate of drug-likeness (QED) is 0.779. The van der Waals surface area contributed by atoms with E-state index in [4.69, 9.17) is 0 Å². The highest BCUT2D eigenvalue weighted by Crippen LogP contribution is 2.21. The van der Waals surface area contributed by atoms with Crippen LogP contribution in [-0.2, 0) is 9.59 Å². The Labute approximate surface area is 95.2 Å². The SMILES string of the molecule is CCC1(CC)NC(=O)CCN(CCF)C1=O. The Morgan fingerprint density at radius 3 is 2.50 bits per heavy atom. The first kappa shape index (κ1) is 12.9. The first-order chi connectivity index (χ1) is 7.59. The summed E-state index contributed by atoms with van der Waals surface area (Å²) in [6, 6.07) is 0. The molecule has 1 fully saturated rings. The Hall–Kier alpha value is -1.13. The number of hydrogen-bond donors (Lipinski definition) is 1. The summed E-state index contributed by atoms with van der Waals surface area (Å²) in [6.07, 6.45) is 1.33. The number of rotatable bonds is 4. The number of amides is 2. The van der Waals surface area contributed by atoms with Crippen molar-refractivity contribution in [2.45, 2.75) is 38.6 Å². The molecule has 0 aromatic heterocycles. The largest absolute Gasteiger partial charge is 0.342 e. The van der Waals surface area contributed by atoms with Crippen LogP contribution in [0.3, 0.4) is 0 Å². The smallest absolute Gasteiger partial charge is 0.248 e. The van der Waals surface area contributed by atoms with E-state index in [0.29, 0.717) is 19.4 Å². The van der Waals surface area contributed by atoms with Gasteiger partial charge in [-0.3, -0.25) is 9.59 Å². The van der Waals surface area contributed by atoms with E-state index in [1.807, 2.05) is 13.8 Å². The molecule has 1 heterocycles. The van der Waals surface area contributed by atoms with Crippen molar-refractivity contribution < 1.29 is 14.0 Å². The zero-order valence-electron chi connectivity index (χ0n) is 9.88. The average molecular weight is 230 g/mol. The van der Waals surface area contributed by atoms with Gasteiger partial charge in [-0.2, -0.15) is 0 Å². The molecule has 0 radical (unpaired) electrons. The van der Waals surface area contributed by atoms with Gasteiger partial charge in [-0.15, -0.1) is 0 Å². The van der Waals surface area contributed by atoms with Gasteiger partial charge in [-0.05, 0) is 12.8 Å². The van der Waals surface area contributed by atoms with Crippen LogP contribution in [0.25, 0.3) is 0 Å². The molecule has 4 nitrogen and oxygen atoms in total. The Balaban J connectivity index is 2.95. The van der Waals surface area contributed by atoms with Crippen LogP contribution in [0.15, 0.2) is 0 Å². The van der Waals surface area contributed by atoms with Gasteiger partial charge in [0.1, 0.15) is 12.2 Å². The van der Waals surface area contributed by atoms with E-state index >= 15 is 0 Å². The van der Waals surface area contributed by atoms with E-state index in [9.17, 15) is 14.0 Å². The van der Waals surface area contributed by atoms with Crippen LogP contribution in [0, 0.1) is 0 Å². The molecule has 0 spiro atoms. The molecule has 0 aromatic rings. The second kappa shape index (κ2) is 5.27. The number of alkyl halides is 1. The van der Waals surface area contributed by atoms with Crippen LogP contribution in [0.2, 0.25) is 0 Å². The second-order valence-corrected chi connectivity index (χ2v) is 4.07. The first-order valence-electron chi connectivity index (χ1n) is 5.76. The van der Waals surface area contributed by atoms with E-state index in [0.717, 1.165) is 0 Å². The van der Waals surface area contributed by atoms with Crippen molar-refractivity contribution in [3.05, 3.63) is 0 Å².